The van der Waals surface area contributed by atoms with Gasteiger partial charge in [0.05, 0.1) is 17.6 Å². The summed E-state index contributed by atoms with van der Waals surface area (Å²) in [5, 5.41) is 0.354. The van der Waals surface area contributed by atoms with Crippen LogP contribution in [-0.2, 0) is 41.5 Å². The van der Waals surface area contributed by atoms with Gasteiger partial charge >= 0.3 is 11.9 Å². The van der Waals surface area contributed by atoms with E-state index in [0.717, 1.165) is 45.1 Å². The third-order valence-corrected chi connectivity index (χ3v) is 11.0. The van der Waals surface area contributed by atoms with Crippen LogP contribution in [0.1, 0.15) is 48.3 Å². The molecule has 0 bridgehead atoms. The molecule has 0 radical (unpaired) electrons. The number of hydrogen-bond acceptors (Lipinski definition) is 14. The van der Waals surface area contributed by atoms with Crippen LogP contribution < -0.4 is 24.3 Å². The topological polar surface area (TPSA) is 173 Å². The maximum absolute atomic E-state index is 13.3. The number of carbonyl (C=O) groups is 6. The predicted molar refractivity (Wildman–Crippen MR) is 214 cm³/mol. The molecule has 58 heavy (non-hydrogen) atoms. The molecule has 14 nitrogen and oxygen atoms in total. The van der Waals surface area contributed by atoms with Crippen LogP contribution in [-0.4, -0.2) is 76.7 Å². The average molecular weight is 829 g/mol. The lowest BCUT2D eigenvalue weighted by Crippen LogP contribution is -2.35. The molecule has 2 aliphatic rings. The number of nitrogens with zero attached hydrogens (tertiary/aromatic N) is 1. The van der Waals surface area contributed by atoms with Gasteiger partial charge in [0.2, 0.25) is 11.8 Å². The molecule has 302 valence electrons. The molecular formula is C42H40N2O12S2. The lowest BCUT2D eigenvalue weighted by atomic mass is 10.1. The first-order valence-corrected chi connectivity index (χ1v) is 19.9. The van der Waals surface area contributed by atoms with Crippen LogP contribution in [0.2, 0.25) is 0 Å². The van der Waals surface area contributed by atoms with Gasteiger partial charge in [-0.1, -0.05) is 72.1 Å². The first-order valence-electron chi connectivity index (χ1n) is 18.1. The van der Waals surface area contributed by atoms with Crippen molar-refractivity contribution < 1.29 is 57.2 Å². The van der Waals surface area contributed by atoms with E-state index in [1.54, 1.807) is 86.0 Å². The molecule has 0 aliphatic carbocycles. The van der Waals surface area contributed by atoms with Crippen molar-refractivity contribution in [1.82, 2.24) is 10.2 Å². The van der Waals surface area contributed by atoms with Crippen LogP contribution >= 0.6 is 23.5 Å². The number of amides is 4. The van der Waals surface area contributed by atoms with Crippen LogP contribution in [0.5, 0.6) is 23.0 Å². The van der Waals surface area contributed by atoms with Crippen LogP contribution in [0, 0.1) is 0 Å². The summed E-state index contributed by atoms with van der Waals surface area (Å²) in [4.78, 5) is 74.5. The van der Waals surface area contributed by atoms with Gasteiger partial charge in [0.15, 0.2) is 18.9 Å². The Morgan fingerprint density at radius 3 is 1.67 bits per heavy atom. The highest BCUT2D eigenvalue weighted by Crippen LogP contribution is 2.32. The second-order valence-corrected chi connectivity index (χ2v) is 15.5. The molecule has 2 saturated heterocycles. The van der Waals surface area contributed by atoms with Crippen LogP contribution in [0.3, 0.4) is 0 Å². The summed E-state index contributed by atoms with van der Waals surface area (Å²) in [5.41, 5.74) is 2.96. The molecule has 3 unspecified atom stereocenters. The van der Waals surface area contributed by atoms with Crippen molar-refractivity contribution in [3.8, 4) is 23.0 Å². The normalized spacial score (nSPS) is 17.3. The van der Waals surface area contributed by atoms with Crippen molar-refractivity contribution in [2.45, 2.75) is 49.4 Å². The van der Waals surface area contributed by atoms with Crippen LogP contribution in [0.15, 0.2) is 97.1 Å². The zero-order valence-electron chi connectivity index (χ0n) is 31.7. The van der Waals surface area contributed by atoms with Gasteiger partial charge < -0.3 is 28.4 Å². The van der Waals surface area contributed by atoms with E-state index in [9.17, 15) is 28.8 Å². The Labute approximate surface area is 342 Å². The zero-order chi connectivity index (χ0) is 41.2. The second-order valence-electron chi connectivity index (χ2n) is 13.2. The van der Waals surface area contributed by atoms with E-state index in [4.69, 9.17) is 28.4 Å². The van der Waals surface area contributed by atoms with Gasteiger partial charge in [-0.25, -0.2) is 4.90 Å². The second kappa shape index (κ2) is 19.4. The lowest BCUT2D eigenvalue weighted by Gasteiger charge is -2.20. The third kappa shape index (κ3) is 11.3. The minimum absolute atomic E-state index is 0.0234. The molecule has 2 fully saturated rings. The Hall–Kier alpha value is -6.00. The number of hydrogen-bond donors (Lipinski definition) is 1. The molecule has 6 rings (SSSR count). The molecule has 0 saturated carbocycles. The quantitative estimate of drug-likeness (QED) is 0.106. The highest BCUT2D eigenvalue weighted by Gasteiger charge is 2.40. The summed E-state index contributed by atoms with van der Waals surface area (Å²) >= 11 is 1.89. The average Bonchev–Trinajstić information content (AvgIpc) is 3.67. The number of ether oxygens (including phenoxy) is 6. The van der Waals surface area contributed by atoms with Crippen LogP contribution in [0.25, 0.3) is 0 Å². The number of thioether (sulfide) groups is 2. The summed E-state index contributed by atoms with van der Waals surface area (Å²) < 4.78 is 34.1. The molecule has 4 atom stereocenters. The molecular weight excluding hydrogens is 789 g/mol. The van der Waals surface area contributed by atoms with Crippen molar-refractivity contribution in [1.29, 1.82) is 0 Å². The van der Waals surface area contributed by atoms with Gasteiger partial charge in [-0.3, -0.25) is 34.1 Å². The number of methoxy groups -OCH3 is 1. The predicted octanol–water partition coefficient (Wildman–Crippen LogP) is 6.60. The first kappa shape index (κ1) is 41.6. The van der Waals surface area contributed by atoms with E-state index in [1.807, 2.05) is 18.2 Å². The molecule has 4 aromatic rings. The standard InChI is InChI=1S/C42H40N2O12S2/c1-25(45)55-35(29-6-4-8-33(20-29)51-3)22-52-32-16-12-28(13-17-32)19-38-40(48)44(42(50)58-38)24-54-34-9-5-7-30(21-34)36(56-26(2)46)23-53-31-14-10-27(11-15-31)18-37-39(47)43-41(49)57-37/h4-17,20-21,35-38H,18-19,22-24H2,1-3H3,(H,43,47,49)/t35-,36?,37?,38?/m1/s1. The van der Waals surface area contributed by atoms with E-state index in [1.165, 1.54) is 13.8 Å². The summed E-state index contributed by atoms with van der Waals surface area (Å²) in [6.07, 6.45) is -0.776. The lowest BCUT2D eigenvalue weighted by molar-refractivity contribution is -0.149. The molecule has 1 N–H and O–H groups in total. The Bertz CT molecular complexity index is 2150. The molecule has 4 aromatic carbocycles. The number of esters is 2. The van der Waals surface area contributed by atoms with Crippen molar-refractivity contribution in [3.05, 3.63) is 119 Å². The molecule has 2 aliphatic heterocycles. The molecule has 0 aromatic heterocycles. The summed E-state index contributed by atoms with van der Waals surface area (Å²) in [5.74, 6) is 0.345. The fourth-order valence-electron chi connectivity index (χ4n) is 6.07. The van der Waals surface area contributed by atoms with E-state index in [0.29, 0.717) is 41.4 Å². The minimum Gasteiger partial charge on any atom is -0.497 e. The Morgan fingerprint density at radius 2 is 1.17 bits per heavy atom. The third-order valence-electron chi connectivity index (χ3n) is 8.94. The van der Waals surface area contributed by atoms with Gasteiger partial charge in [-0.2, -0.15) is 0 Å². The van der Waals surface area contributed by atoms with E-state index in [2.05, 4.69) is 5.32 Å². The van der Waals surface area contributed by atoms with Gasteiger partial charge in [0, 0.05) is 13.8 Å². The Morgan fingerprint density at radius 1 is 0.655 bits per heavy atom. The summed E-state index contributed by atoms with van der Waals surface area (Å²) in [7, 11) is 1.55. The summed E-state index contributed by atoms with van der Waals surface area (Å²) in [6.45, 7) is 2.35. The van der Waals surface area contributed by atoms with Crippen molar-refractivity contribution in [2.75, 3.05) is 27.1 Å². The number of carbonyl (C=O) groups excluding carboxylic acids is 6. The minimum atomic E-state index is -0.805. The summed E-state index contributed by atoms with van der Waals surface area (Å²) in [6, 6.07) is 28.1. The molecule has 2 heterocycles. The number of rotatable bonds is 18. The zero-order valence-corrected chi connectivity index (χ0v) is 33.4. The highest BCUT2D eigenvalue weighted by molar-refractivity contribution is 8.15. The van der Waals surface area contributed by atoms with E-state index < -0.39 is 39.9 Å². The SMILES string of the molecule is COc1cccc([C@@H](COc2ccc(CC3SC(=O)N(COc4cccc(C(COc5ccc(CC6SC(=O)NC6=O)cc5)OC(C)=O)c4)C3=O)cc2)OC(C)=O)c1. The van der Waals surface area contributed by atoms with Crippen molar-refractivity contribution in [3.63, 3.8) is 0 Å². The number of benzene rings is 4. The van der Waals surface area contributed by atoms with Gasteiger partial charge in [0.25, 0.3) is 10.5 Å². The monoisotopic (exact) mass is 828 g/mol. The van der Waals surface area contributed by atoms with Crippen LogP contribution in [0.4, 0.5) is 9.59 Å². The highest BCUT2D eigenvalue weighted by atomic mass is 32.2. The van der Waals surface area contributed by atoms with E-state index >= 15 is 0 Å². The molecule has 16 heteroatoms. The van der Waals surface area contributed by atoms with Crippen molar-refractivity contribution >= 4 is 57.8 Å². The number of imide groups is 2. The number of nitrogens with one attached hydrogen (secondary N) is 1. The van der Waals surface area contributed by atoms with Gasteiger partial charge in [0.1, 0.15) is 36.2 Å². The fraction of sp³-hybridized carbons (Fsp3) is 0.286. The maximum Gasteiger partial charge on any atom is 0.303 e. The van der Waals surface area contributed by atoms with Gasteiger partial charge in [-0.15, -0.1) is 0 Å². The molecule has 4 amide bonds. The smallest absolute Gasteiger partial charge is 0.303 e. The molecule has 0 spiro atoms. The first-order chi connectivity index (χ1) is 27.9. The van der Waals surface area contributed by atoms with Gasteiger partial charge in [-0.05, 0) is 83.6 Å². The maximum atomic E-state index is 13.3. The van der Waals surface area contributed by atoms with Crippen molar-refractivity contribution in [2.24, 2.45) is 0 Å². The largest absolute Gasteiger partial charge is 0.497 e. The Balaban J connectivity index is 1.00. The van der Waals surface area contributed by atoms with E-state index in [-0.39, 0.29) is 37.0 Å². The fourth-order valence-corrected chi connectivity index (χ4v) is 7.95. The Kier molecular flexibility index (Phi) is 13.9.